The largest absolute Gasteiger partial charge is 0.480 e. The average molecular weight is 305 g/mol. The maximum absolute atomic E-state index is 11.2. The third-order valence-corrected chi connectivity index (χ3v) is 4.09. The molecule has 4 nitrogen and oxygen atoms in total. The van der Waals surface area contributed by atoms with E-state index in [-0.39, 0.29) is 12.6 Å². The SMILES string of the molecule is O=C(O)CN1CCCn2cccc2C1c1cccc(Cl)c1. The third kappa shape index (κ3) is 2.96. The van der Waals surface area contributed by atoms with Gasteiger partial charge in [0.25, 0.3) is 0 Å². The van der Waals surface area contributed by atoms with E-state index >= 15 is 0 Å². The van der Waals surface area contributed by atoms with E-state index < -0.39 is 5.97 Å². The van der Waals surface area contributed by atoms with Crippen LogP contribution in [0.4, 0.5) is 0 Å². The van der Waals surface area contributed by atoms with Crippen LogP contribution in [0, 0.1) is 0 Å². The summed E-state index contributed by atoms with van der Waals surface area (Å²) in [5.74, 6) is -0.804. The highest BCUT2D eigenvalue weighted by Crippen LogP contribution is 2.32. The Morgan fingerprint density at radius 3 is 2.90 bits per heavy atom. The van der Waals surface area contributed by atoms with E-state index in [4.69, 9.17) is 11.6 Å². The minimum atomic E-state index is -0.804. The van der Waals surface area contributed by atoms with Gasteiger partial charge < -0.3 is 9.67 Å². The van der Waals surface area contributed by atoms with Crippen molar-refractivity contribution in [2.75, 3.05) is 13.1 Å². The van der Waals surface area contributed by atoms with Crippen LogP contribution in [0.25, 0.3) is 0 Å². The Bertz CT molecular complexity index is 653. The van der Waals surface area contributed by atoms with Gasteiger partial charge in [-0.25, -0.2) is 0 Å². The predicted molar refractivity (Wildman–Crippen MR) is 81.6 cm³/mol. The molecule has 1 aromatic carbocycles. The van der Waals surface area contributed by atoms with Crippen LogP contribution in [-0.4, -0.2) is 33.6 Å². The summed E-state index contributed by atoms with van der Waals surface area (Å²) in [6.07, 6.45) is 2.99. The second-order valence-corrected chi connectivity index (χ2v) is 5.74. The summed E-state index contributed by atoms with van der Waals surface area (Å²) in [4.78, 5) is 13.2. The quantitative estimate of drug-likeness (QED) is 0.948. The summed E-state index contributed by atoms with van der Waals surface area (Å²) < 4.78 is 2.20. The first-order valence-electron chi connectivity index (χ1n) is 7.01. The molecule has 0 amide bonds. The van der Waals surface area contributed by atoms with Crippen LogP contribution in [-0.2, 0) is 11.3 Å². The second-order valence-electron chi connectivity index (χ2n) is 5.30. The number of nitrogens with zero attached hydrogens (tertiary/aromatic N) is 2. The Morgan fingerprint density at radius 1 is 1.29 bits per heavy atom. The standard InChI is InChI=1S/C16H17ClN2O2/c17-13-5-1-4-12(10-13)16-14-6-2-7-18(14)8-3-9-19(16)11-15(20)21/h1-2,4-7,10,16H,3,8-9,11H2,(H,20,21). The highest BCUT2D eigenvalue weighted by Gasteiger charge is 2.28. The number of carboxylic acid groups (broad SMARTS) is 1. The van der Waals surface area contributed by atoms with E-state index in [1.807, 2.05) is 35.2 Å². The lowest BCUT2D eigenvalue weighted by molar-refractivity contribution is -0.138. The maximum atomic E-state index is 11.2. The van der Waals surface area contributed by atoms with Gasteiger partial charge in [0.05, 0.1) is 12.6 Å². The van der Waals surface area contributed by atoms with Crippen LogP contribution in [0.3, 0.4) is 0 Å². The van der Waals surface area contributed by atoms with Crippen molar-refractivity contribution < 1.29 is 9.90 Å². The van der Waals surface area contributed by atoms with Crippen molar-refractivity contribution in [1.29, 1.82) is 0 Å². The number of aliphatic carboxylic acids is 1. The number of rotatable bonds is 3. The molecule has 1 atom stereocenters. The molecular formula is C16H17ClN2O2. The van der Waals surface area contributed by atoms with Crippen molar-refractivity contribution in [3.05, 3.63) is 58.9 Å². The van der Waals surface area contributed by atoms with E-state index in [1.54, 1.807) is 0 Å². The second kappa shape index (κ2) is 5.92. The van der Waals surface area contributed by atoms with Gasteiger partial charge in [-0.05, 0) is 36.2 Å². The molecule has 1 N–H and O–H groups in total. The highest BCUT2D eigenvalue weighted by atomic mass is 35.5. The lowest BCUT2D eigenvalue weighted by atomic mass is 10.0. The molecule has 0 bridgehead atoms. The zero-order valence-electron chi connectivity index (χ0n) is 11.6. The van der Waals surface area contributed by atoms with Crippen molar-refractivity contribution >= 4 is 17.6 Å². The fourth-order valence-electron chi connectivity index (χ4n) is 3.04. The fraction of sp³-hybridized carbons (Fsp3) is 0.312. The predicted octanol–water partition coefficient (Wildman–Crippen LogP) is 3.02. The van der Waals surface area contributed by atoms with Gasteiger partial charge in [-0.2, -0.15) is 0 Å². The summed E-state index contributed by atoms with van der Waals surface area (Å²) in [6, 6.07) is 11.7. The van der Waals surface area contributed by atoms with E-state index in [9.17, 15) is 9.90 Å². The lowest BCUT2D eigenvalue weighted by Gasteiger charge is -2.29. The van der Waals surface area contributed by atoms with Crippen molar-refractivity contribution in [1.82, 2.24) is 9.47 Å². The molecule has 0 spiro atoms. The number of halogens is 1. The van der Waals surface area contributed by atoms with Crippen LogP contribution in [0.2, 0.25) is 5.02 Å². The molecule has 21 heavy (non-hydrogen) atoms. The number of aryl methyl sites for hydroxylation is 1. The first-order valence-corrected chi connectivity index (χ1v) is 7.39. The molecule has 2 aromatic rings. The number of fused-ring (bicyclic) bond motifs is 1. The van der Waals surface area contributed by atoms with Crippen LogP contribution in [0.1, 0.15) is 23.7 Å². The van der Waals surface area contributed by atoms with Crippen LogP contribution >= 0.6 is 11.6 Å². The molecule has 0 saturated carbocycles. The van der Waals surface area contributed by atoms with Gasteiger partial charge in [-0.3, -0.25) is 9.69 Å². The molecule has 3 rings (SSSR count). The normalized spacial score (nSPS) is 19.0. The van der Waals surface area contributed by atoms with Crippen LogP contribution in [0.5, 0.6) is 0 Å². The highest BCUT2D eigenvalue weighted by molar-refractivity contribution is 6.30. The Morgan fingerprint density at radius 2 is 2.14 bits per heavy atom. The minimum Gasteiger partial charge on any atom is -0.480 e. The smallest absolute Gasteiger partial charge is 0.317 e. The molecule has 0 saturated heterocycles. The molecule has 0 fully saturated rings. The zero-order valence-corrected chi connectivity index (χ0v) is 12.3. The number of carbonyl (C=O) groups is 1. The summed E-state index contributed by atoms with van der Waals surface area (Å²) >= 11 is 6.12. The zero-order chi connectivity index (χ0) is 14.8. The maximum Gasteiger partial charge on any atom is 0.317 e. The average Bonchev–Trinajstić information content (AvgIpc) is 2.80. The van der Waals surface area contributed by atoms with Crippen molar-refractivity contribution in [2.45, 2.75) is 19.0 Å². The number of benzene rings is 1. The van der Waals surface area contributed by atoms with Gasteiger partial charge in [-0.1, -0.05) is 23.7 Å². The van der Waals surface area contributed by atoms with Gasteiger partial charge in [0.2, 0.25) is 0 Å². The molecule has 1 unspecified atom stereocenters. The molecule has 110 valence electrons. The molecule has 5 heteroatoms. The molecule has 1 aliphatic heterocycles. The summed E-state index contributed by atoms with van der Waals surface area (Å²) in [6.45, 7) is 1.70. The van der Waals surface area contributed by atoms with Gasteiger partial charge in [0.15, 0.2) is 0 Å². The van der Waals surface area contributed by atoms with Gasteiger partial charge in [0, 0.05) is 30.0 Å². The summed E-state index contributed by atoms with van der Waals surface area (Å²) in [7, 11) is 0. The topological polar surface area (TPSA) is 45.5 Å². The summed E-state index contributed by atoms with van der Waals surface area (Å²) in [5, 5.41) is 9.87. The first kappa shape index (κ1) is 14.2. The molecular weight excluding hydrogens is 288 g/mol. The third-order valence-electron chi connectivity index (χ3n) is 3.86. The van der Waals surface area contributed by atoms with E-state index in [0.29, 0.717) is 5.02 Å². The van der Waals surface area contributed by atoms with Gasteiger partial charge in [-0.15, -0.1) is 0 Å². The molecule has 0 radical (unpaired) electrons. The van der Waals surface area contributed by atoms with E-state index in [1.165, 1.54) is 0 Å². The van der Waals surface area contributed by atoms with Crippen LogP contribution in [0.15, 0.2) is 42.6 Å². The number of carboxylic acids is 1. The lowest BCUT2D eigenvalue weighted by Crippen LogP contribution is -2.34. The van der Waals surface area contributed by atoms with Gasteiger partial charge >= 0.3 is 5.97 Å². The fourth-order valence-corrected chi connectivity index (χ4v) is 3.24. The molecule has 1 aromatic heterocycles. The Labute approximate surface area is 128 Å². The molecule has 2 heterocycles. The Kier molecular flexibility index (Phi) is 3.99. The monoisotopic (exact) mass is 304 g/mol. The van der Waals surface area contributed by atoms with E-state index in [2.05, 4.69) is 16.8 Å². The molecule has 0 aliphatic carbocycles. The van der Waals surface area contributed by atoms with Crippen molar-refractivity contribution in [3.63, 3.8) is 0 Å². The Balaban J connectivity index is 2.07. The molecule has 1 aliphatic rings. The van der Waals surface area contributed by atoms with Gasteiger partial charge in [0.1, 0.15) is 0 Å². The number of hydrogen-bond acceptors (Lipinski definition) is 2. The first-order chi connectivity index (χ1) is 10.1. The summed E-state index contributed by atoms with van der Waals surface area (Å²) in [5.41, 5.74) is 2.15. The number of aromatic nitrogens is 1. The minimum absolute atomic E-state index is 0.0301. The van der Waals surface area contributed by atoms with Crippen LogP contribution < -0.4 is 0 Å². The van der Waals surface area contributed by atoms with E-state index in [0.717, 1.165) is 30.8 Å². The van der Waals surface area contributed by atoms with Crippen molar-refractivity contribution in [2.24, 2.45) is 0 Å². The van der Waals surface area contributed by atoms with Crippen molar-refractivity contribution in [3.8, 4) is 0 Å². The Hall–Kier alpha value is -1.78. The number of hydrogen-bond donors (Lipinski definition) is 1.